The van der Waals surface area contributed by atoms with E-state index in [-0.39, 0.29) is 11.3 Å². The second kappa shape index (κ2) is 8.72. The largest absolute Gasteiger partial charge is 0.416 e. The Balaban J connectivity index is 2.40. The maximum Gasteiger partial charge on any atom is 0.416 e. The molecule has 150 valence electrons. The van der Waals surface area contributed by atoms with Crippen molar-refractivity contribution in [1.29, 1.82) is 0 Å². The highest BCUT2D eigenvalue weighted by molar-refractivity contribution is 5.99. The maximum atomic E-state index is 13.0. The average Bonchev–Trinajstić information content (AvgIpc) is 2.61. The number of rotatable bonds is 5. The molecule has 0 aliphatic rings. The number of aryl methyl sites for hydroxylation is 1. The minimum absolute atomic E-state index is 0.216. The Morgan fingerprint density at radius 3 is 2.46 bits per heavy atom. The standard InChI is InChI=1S/C17H15F5N4O2/c1-9-11(3-2-5-23-9)14(15(27)26-16(28)25-8-13(18)19)12-7-10(4-6-24-12)17(20,21)22/h2-7,13-14H,8H2,1H3,(H2,25,26,27,28). The summed E-state index contributed by atoms with van der Waals surface area (Å²) in [6.45, 7) is 0.539. The number of carbonyl (C=O) groups excluding carboxylic acids is 2. The van der Waals surface area contributed by atoms with Gasteiger partial charge in [-0.05, 0) is 30.7 Å². The molecule has 28 heavy (non-hydrogen) atoms. The Morgan fingerprint density at radius 1 is 1.14 bits per heavy atom. The highest BCUT2D eigenvalue weighted by Crippen LogP contribution is 2.32. The molecule has 1 atom stereocenters. The lowest BCUT2D eigenvalue weighted by atomic mass is 9.92. The molecule has 2 aromatic heterocycles. The van der Waals surface area contributed by atoms with E-state index in [9.17, 15) is 31.5 Å². The number of aromatic nitrogens is 2. The van der Waals surface area contributed by atoms with Crippen LogP contribution in [0.1, 0.15) is 28.4 Å². The van der Waals surface area contributed by atoms with Gasteiger partial charge in [-0.1, -0.05) is 6.07 Å². The van der Waals surface area contributed by atoms with Gasteiger partial charge in [0.2, 0.25) is 5.91 Å². The van der Waals surface area contributed by atoms with E-state index in [4.69, 9.17) is 0 Å². The van der Waals surface area contributed by atoms with Gasteiger partial charge in [0.15, 0.2) is 0 Å². The summed E-state index contributed by atoms with van der Waals surface area (Å²) in [6, 6.07) is 3.14. The van der Waals surface area contributed by atoms with Gasteiger partial charge >= 0.3 is 12.2 Å². The molecule has 2 heterocycles. The van der Waals surface area contributed by atoms with Gasteiger partial charge in [0.05, 0.1) is 17.8 Å². The van der Waals surface area contributed by atoms with E-state index in [0.29, 0.717) is 11.8 Å². The number of pyridine rings is 2. The molecule has 11 heteroatoms. The molecule has 3 amide bonds. The van der Waals surface area contributed by atoms with Crippen molar-refractivity contribution in [3.05, 3.63) is 59.2 Å². The highest BCUT2D eigenvalue weighted by Gasteiger charge is 2.34. The third kappa shape index (κ3) is 5.44. The number of imide groups is 1. The minimum Gasteiger partial charge on any atom is -0.332 e. The van der Waals surface area contributed by atoms with Crippen molar-refractivity contribution in [2.24, 2.45) is 0 Å². The first-order chi connectivity index (χ1) is 13.1. The molecule has 2 N–H and O–H groups in total. The minimum atomic E-state index is -4.67. The van der Waals surface area contributed by atoms with Gasteiger partial charge in [0.25, 0.3) is 6.43 Å². The molecule has 0 bridgehead atoms. The van der Waals surface area contributed by atoms with Crippen LogP contribution in [-0.2, 0) is 11.0 Å². The quantitative estimate of drug-likeness (QED) is 0.753. The fourth-order valence-electron chi connectivity index (χ4n) is 2.42. The van der Waals surface area contributed by atoms with E-state index in [1.54, 1.807) is 5.32 Å². The van der Waals surface area contributed by atoms with E-state index in [0.717, 1.165) is 12.3 Å². The first-order valence-electron chi connectivity index (χ1n) is 7.91. The summed E-state index contributed by atoms with van der Waals surface area (Å²) < 4.78 is 63.4. The second-order valence-electron chi connectivity index (χ2n) is 5.67. The normalized spacial score (nSPS) is 12.5. The lowest BCUT2D eigenvalue weighted by Crippen LogP contribution is -2.43. The van der Waals surface area contributed by atoms with Gasteiger partial charge < -0.3 is 5.32 Å². The first kappa shape index (κ1) is 21.2. The number of nitrogens with one attached hydrogen (secondary N) is 2. The molecule has 0 aliphatic carbocycles. The number of halogens is 5. The van der Waals surface area contributed by atoms with E-state index < -0.39 is 42.6 Å². The first-order valence-corrected chi connectivity index (χ1v) is 7.91. The molecule has 0 saturated heterocycles. The van der Waals surface area contributed by atoms with Crippen LogP contribution in [0.5, 0.6) is 0 Å². The van der Waals surface area contributed by atoms with Crippen LogP contribution in [0, 0.1) is 6.92 Å². The number of amides is 3. The van der Waals surface area contributed by atoms with Crippen LogP contribution in [0.3, 0.4) is 0 Å². The van der Waals surface area contributed by atoms with Gasteiger partial charge in [-0.2, -0.15) is 13.2 Å². The van der Waals surface area contributed by atoms with Gasteiger partial charge in [0.1, 0.15) is 5.92 Å². The third-order valence-electron chi connectivity index (χ3n) is 3.68. The fraction of sp³-hybridized carbons (Fsp3) is 0.294. The van der Waals surface area contributed by atoms with Crippen molar-refractivity contribution in [3.63, 3.8) is 0 Å². The highest BCUT2D eigenvalue weighted by atomic mass is 19.4. The van der Waals surface area contributed by atoms with Crippen LogP contribution in [-0.4, -0.2) is 34.9 Å². The van der Waals surface area contributed by atoms with E-state index in [1.807, 2.05) is 5.32 Å². The number of hydrogen-bond acceptors (Lipinski definition) is 4. The number of nitrogens with zero attached hydrogens (tertiary/aromatic N) is 2. The Bertz CT molecular complexity index is 857. The zero-order valence-corrected chi connectivity index (χ0v) is 14.4. The van der Waals surface area contributed by atoms with Crippen LogP contribution in [0.2, 0.25) is 0 Å². The zero-order valence-electron chi connectivity index (χ0n) is 14.4. The smallest absolute Gasteiger partial charge is 0.332 e. The Hall–Kier alpha value is -3.11. The predicted molar refractivity (Wildman–Crippen MR) is 87.6 cm³/mol. The number of alkyl halides is 5. The number of carbonyl (C=O) groups is 2. The average molecular weight is 402 g/mol. The Kier molecular flexibility index (Phi) is 6.60. The number of urea groups is 1. The SMILES string of the molecule is Cc1ncccc1C(C(=O)NC(=O)NCC(F)F)c1cc(C(F)(F)F)ccn1. The van der Waals surface area contributed by atoms with Crippen molar-refractivity contribution in [2.75, 3.05) is 6.54 Å². The van der Waals surface area contributed by atoms with Crippen LogP contribution in [0.15, 0.2) is 36.7 Å². The van der Waals surface area contributed by atoms with Crippen molar-refractivity contribution in [2.45, 2.75) is 25.4 Å². The summed E-state index contributed by atoms with van der Waals surface area (Å²) in [5, 5.41) is 3.63. The molecule has 2 rings (SSSR count). The van der Waals surface area contributed by atoms with Crippen LogP contribution < -0.4 is 10.6 Å². The lowest BCUT2D eigenvalue weighted by Gasteiger charge is -2.19. The topological polar surface area (TPSA) is 84.0 Å². The molecule has 0 aromatic carbocycles. The molecule has 1 unspecified atom stereocenters. The van der Waals surface area contributed by atoms with Crippen LogP contribution in [0.25, 0.3) is 0 Å². The van der Waals surface area contributed by atoms with Crippen molar-refractivity contribution in [3.8, 4) is 0 Å². The zero-order chi connectivity index (χ0) is 20.9. The van der Waals surface area contributed by atoms with E-state index >= 15 is 0 Å². The molecule has 6 nitrogen and oxygen atoms in total. The fourth-order valence-corrected chi connectivity index (χ4v) is 2.42. The van der Waals surface area contributed by atoms with Crippen molar-refractivity contribution < 1.29 is 31.5 Å². The molecular weight excluding hydrogens is 387 g/mol. The molecule has 0 spiro atoms. The van der Waals surface area contributed by atoms with E-state index in [2.05, 4.69) is 9.97 Å². The molecule has 2 aromatic rings. The summed E-state index contributed by atoms with van der Waals surface area (Å²) in [6.07, 6.45) is -5.19. The Labute approximate surface area is 156 Å². The third-order valence-corrected chi connectivity index (χ3v) is 3.68. The number of hydrogen-bond donors (Lipinski definition) is 2. The van der Waals surface area contributed by atoms with Gasteiger partial charge in [-0.25, -0.2) is 13.6 Å². The van der Waals surface area contributed by atoms with Crippen molar-refractivity contribution in [1.82, 2.24) is 20.6 Å². The maximum absolute atomic E-state index is 13.0. The Morgan fingerprint density at radius 2 is 1.86 bits per heavy atom. The van der Waals surface area contributed by atoms with Gasteiger partial charge in [-0.3, -0.25) is 20.1 Å². The molecule has 0 radical (unpaired) electrons. The lowest BCUT2D eigenvalue weighted by molar-refractivity contribution is -0.137. The van der Waals surface area contributed by atoms with Gasteiger partial charge in [-0.15, -0.1) is 0 Å². The summed E-state index contributed by atoms with van der Waals surface area (Å²) in [7, 11) is 0. The molecule has 0 aliphatic heterocycles. The summed E-state index contributed by atoms with van der Waals surface area (Å²) >= 11 is 0. The van der Waals surface area contributed by atoms with Gasteiger partial charge in [0, 0.05) is 18.1 Å². The summed E-state index contributed by atoms with van der Waals surface area (Å²) in [5.41, 5.74) is -0.757. The monoisotopic (exact) mass is 402 g/mol. The predicted octanol–water partition coefficient (Wildman–Crippen LogP) is 3.03. The molecule has 0 saturated carbocycles. The second-order valence-corrected chi connectivity index (χ2v) is 5.67. The van der Waals surface area contributed by atoms with Crippen LogP contribution >= 0.6 is 0 Å². The molecule has 0 fully saturated rings. The van der Waals surface area contributed by atoms with Crippen molar-refractivity contribution >= 4 is 11.9 Å². The summed E-state index contributed by atoms with van der Waals surface area (Å²) in [4.78, 5) is 32.1. The van der Waals surface area contributed by atoms with E-state index in [1.165, 1.54) is 25.3 Å². The summed E-state index contributed by atoms with van der Waals surface area (Å²) in [5.74, 6) is -2.44. The molecular formula is C17H15F5N4O2. The van der Waals surface area contributed by atoms with Crippen LogP contribution in [0.4, 0.5) is 26.7 Å².